The summed E-state index contributed by atoms with van der Waals surface area (Å²) in [4.78, 5) is 17.6. The summed E-state index contributed by atoms with van der Waals surface area (Å²) in [7, 11) is 0. The van der Waals surface area contributed by atoms with Gasteiger partial charge < -0.3 is 0 Å². The topological polar surface area (TPSA) is 57.9 Å². The molecule has 1 saturated heterocycles. The Bertz CT molecular complexity index is 685. The lowest BCUT2D eigenvalue weighted by Crippen LogP contribution is -2.28. The molecule has 104 valence electrons. The number of thioether (sulfide) groups is 1. The largest absolute Gasteiger partial charge is 0.273 e. The van der Waals surface area contributed by atoms with Gasteiger partial charge in [-0.3, -0.25) is 14.7 Å². The molecule has 0 N–H and O–H groups in total. The number of anilines is 1. The number of carbonyl (C=O) groups excluding carboxylic acids is 1. The van der Waals surface area contributed by atoms with Gasteiger partial charge in [0.2, 0.25) is 5.91 Å². The zero-order valence-corrected chi connectivity index (χ0v) is 11.9. The highest BCUT2D eigenvalue weighted by molar-refractivity contribution is 8.15. The van der Waals surface area contributed by atoms with E-state index in [1.807, 2.05) is 42.5 Å². The summed E-state index contributed by atoms with van der Waals surface area (Å²) in [6.07, 6.45) is 5.02. The number of carbonyl (C=O) groups is 1. The van der Waals surface area contributed by atoms with Crippen molar-refractivity contribution in [3.05, 3.63) is 60.4 Å². The Labute approximate surface area is 126 Å². The van der Waals surface area contributed by atoms with E-state index in [4.69, 9.17) is 0 Å². The number of amides is 1. The Hall–Kier alpha value is -2.47. The zero-order chi connectivity index (χ0) is 14.5. The van der Waals surface area contributed by atoms with Crippen LogP contribution in [-0.2, 0) is 4.79 Å². The van der Waals surface area contributed by atoms with Gasteiger partial charge in [-0.2, -0.15) is 5.10 Å². The molecule has 1 fully saturated rings. The number of aromatic nitrogens is 1. The van der Waals surface area contributed by atoms with E-state index in [0.717, 1.165) is 11.3 Å². The van der Waals surface area contributed by atoms with Crippen LogP contribution in [0.4, 0.5) is 5.69 Å². The second-order valence-electron chi connectivity index (χ2n) is 4.27. The van der Waals surface area contributed by atoms with Crippen molar-refractivity contribution in [3.8, 4) is 0 Å². The monoisotopic (exact) mass is 296 g/mol. The normalized spacial score (nSPS) is 17.0. The SMILES string of the molecule is O=C1CS/C(=N\N=C\c2cccnc2)N1c1ccccc1. The van der Waals surface area contributed by atoms with Crippen molar-refractivity contribution in [3.63, 3.8) is 0 Å². The molecule has 1 aliphatic rings. The summed E-state index contributed by atoms with van der Waals surface area (Å²) in [5.41, 5.74) is 1.67. The zero-order valence-electron chi connectivity index (χ0n) is 11.1. The van der Waals surface area contributed by atoms with Crippen LogP contribution in [0, 0.1) is 0 Å². The van der Waals surface area contributed by atoms with Gasteiger partial charge in [0, 0.05) is 18.0 Å². The molecule has 0 unspecified atom stereocenters. The number of hydrogen-bond donors (Lipinski definition) is 0. The predicted molar refractivity (Wildman–Crippen MR) is 85.7 cm³/mol. The number of amidine groups is 1. The van der Waals surface area contributed by atoms with E-state index in [0.29, 0.717) is 10.9 Å². The maximum atomic E-state index is 12.0. The highest BCUT2D eigenvalue weighted by Crippen LogP contribution is 2.26. The summed E-state index contributed by atoms with van der Waals surface area (Å²) in [5.74, 6) is 0.400. The van der Waals surface area contributed by atoms with E-state index in [9.17, 15) is 4.79 Å². The van der Waals surface area contributed by atoms with Crippen LogP contribution in [-0.4, -0.2) is 28.0 Å². The maximum absolute atomic E-state index is 12.0. The third-order valence-electron chi connectivity index (χ3n) is 2.81. The van der Waals surface area contributed by atoms with Crippen LogP contribution in [0.3, 0.4) is 0 Å². The average Bonchev–Trinajstić information content (AvgIpc) is 2.90. The minimum atomic E-state index is 0.0153. The molecule has 2 aromatic rings. The molecule has 5 nitrogen and oxygen atoms in total. The maximum Gasteiger partial charge on any atom is 0.243 e. The summed E-state index contributed by atoms with van der Waals surface area (Å²) < 4.78 is 0. The van der Waals surface area contributed by atoms with Crippen molar-refractivity contribution in [1.29, 1.82) is 0 Å². The van der Waals surface area contributed by atoms with E-state index < -0.39 is 0 Å². The number of para-hydroxylation sites is 1. The number of pyridine rings is 1. The van der Waals surface area contributed by atoms with Crippen molar-refractivity contribution < 1.29 is 4.79 Å². The molecule has 1 amide bonds. The fraction of sp³-hybridized carbons (Fsp3) is 0.0667. The first kappa shape index (κ1) is 13.5. The van der Waals surface area contributed by atoms with Gasteiger partial charge in [0.25, 0.3) is 0 Å². The quantitative estimate of drug-likeness (QED) is 0.646. The van der Waals surface area contributed by atoms with Crippen LogP contribution >= 0.6 is 11.8 Å². The van der Waals surface area contributed by atoms with E-state index in [2.05, 4.69) is 15.2 Å². The molecular weight excluding hydrogens is 284 g/mol. The minimum Gasteiger partial charge on any atom is -0.273 e. The standard InChI is InChI=1S/C15H12N4OS/c20-14-11-21-15(19(14)13-6-2-1-3-7-13)18-17-10-12-5-4-8-16-9-12/h1-10H,11H2/b17-10+,18-15-. The lowest BCUT2D eigenvalue weighted by Gasteiger charge is -2.14. The van der Waals surface area contributed by atoms with E-state index >= 15 is 0 Å². The van der Waals surface area contributed by atoms with Gasteiger partial charge in [0.15, 0.2) is 5.17 Å². The Kier molecular flexibility index (Phi) is 4.07. The summed E-state index contributed by atoms with van der Waals surface area (Å²) in [5, 5.41) is 8.78. The van der Waals surface area contributed by atoms with E-state index in [1.165, 1.54) is 11.8 Å². The van der Waals surface area contributed by atoms with Crippen molar-refractivity contribution in [2.75, 3.05) is 10.7 Å². The number of hydrogen-bond acceptors (Lipinski definition) is 5. The van der Waals surface area contributed by atoms with E-state index in [1.54, 1.807) is 23.5 Å². The van der Waals surface area contributed by atoms with Crippen LogP contribution in [0.5, 0.6) is 0 Å². The molecule has 3 rings (SSSR count). The fourth-order valence-electron chi connectivity index (χ4n) is 1.86. The first-order valence-electron chi connectivity index (χ1n) is 6.36. The lowest BCUT2D eigenvalue weighted by molar-refractivity contribution is -0.115. The Balaban J connectivity index is 1.82. The highest BCUT2D eigenvalue weighted by atomic mass is 32.2. The van der Waals surface area contributed by atoms with Crippen LogP contribution in [0.25, 0.3) is 0 Å². The van der Waals surface area contributed by atoms with Crippen molar-refractivity contribution in [2.45, 2.75) is 0 Å². The molecule has 21 heavy (non-hydrogen) atoms. The summed E-state index contributed by atoms with van der Waals surface area (Å²) in [6.45, 7) is 0. The van der Waals surface area contributed by atoms with Gasteiger partial charge >= 0.3 is 0 Å². The van der Waals surface area contributed by atoms with Crippen LogP contribution < -0.4 is 4.90 Å². The molecule has 1 aliphatic heterocycles. The fourth-order valence-corrected chi connectivity index (χ4v) is 2.69. The van der Waals surface area contributed by atoms with Gasteiger partial charge in [-0.05, 0) is 18.2 Å². The second kappa shape index (κ2) is 6.32. The number of nitrogens with zero attached hydrogens (tertiary/aromatic N) is 4. The highest BCUT2D eigenvalue weighted by Gasteiger charge is 2.29. The molecule has 2 heterocycles. The molecule has 1 aromatic carbocycles. The first-order valence-corrected chi connectivity index (χ1v) is 7.35. The molecule has 0 bridgehead atoms. The molecule has 6 heteroatoms. The third-order valence-corrected chi connectivity index (χ3v) is 3.73. The molecule has 0 saturated carbocycles. The Morgan fingerprint density at radius 1 is 1.19 bits per heavy atom. The van der Waals surface area contributed by atoms with Crippen LogP contribution in [0.2, 0.25) is 0 Å². The van der Waals surface area contributed by atoms with Crippen LogP contribution in [0.15, 0.2) is 65.1 Å². The second-order valence-corrected chi connectivity index (χ2v) is 5.21. The van der Waals surface area contributed by atoms with Crippen molar-refractivity contribution in [2.24, 2.45) is 10.2 Å². The molecular formula is C15H12N4OS. The van der Waals surface area contributed by atoms with Gasteiger partial charge in [-0.15, -0.1) is 5.10 Å². The Morgan fingerprint density at radius 2 is 2.05 bits per heavy atom. The molecule has 0 radical (unpaired) electrons. The summed E-state index contributed by atoms with van der Waals surface area (Å²) in [6, 6.07) is 13.2. The van der Waals surface area contributed by atoms with Gasteiger partial charge in [-0.1, -0.05) is 36.0 Å². The van der Waals surface area contributed by atoms with Gasteiger partial charge in [0.05, 0.1) is 17.7 Å². The van der Waals surface area contributed by atoms with Crippen molar-refractivity contribution in [1.82, 2.24) is 4.98 Å². The molecule has 0 aliphatic carbocycles. The number of rotatable bonds is 3. The average molecular weight is 296 g/mol. The molecule has 0 atom stereocenters. The van der Waals surface area contributed by atoms with Crippen LogP contribution in [0.1, 0.15) is 5.56 Å². The summed E-state index contributed by atoms with van der Waals surface area (Å²) >= 11 is 1.39. The first-order chi connectivity index (χ1) is 10.3. The number of benzene rings is 1. The minimum absolute atomic E-state index is 0.0153. The molecule has 0 spiro atoms. The van der Waals surface area contributed by atoms with Crippen molar-refractivity contribution >= 4 is 34.7 Å². The van der Waals surface area contributed by atoms with E-state index in [-0.39, 0.29) is 5.91 Å². The lowest BCUT2D eigenvalue weighted by atomic mass is 10.3. The van der Waals surface area contributed by atoms with Gasteiger partial charge in [-0.25, -0.2) is 0 Å². The third kappa shape index (κ3) is 3.17. The Morgan fingerprint density at radius 3 is 2.81 bits per heavy atom. The van der Waals surface area contributed by atoms with Gasteiger partial charge in [0.1, 0.15) is 0 Å². The molecule has 1 aromatic heterocycles. The smallest absolute Gasteiger partial charge is 0.243 e. The predicted octanol–water partition coefficient (Wildman–Crippen LogP) is 2.55.